The van der Waals surface area contributed by atoms with Crippen LogP contribution in [0.25, 0.3) is 6.08 Å². The Hall–Kier alpha value is -3.39. The topological polar surface area (TPSA) is 83.5 Å². The molecule has 0 heterocycles. The highest BCUT2D eigenvalue weighted by molar-refractivity contribution is 6.30. The Morgan fingerprint density at radius 3 is 2.19 bits per heavy atom. The first-order valence-electron chi connectivity index (χ1n) is 9.65. The van der Waals surface area contributed by atoms with Crippen molar-refractivity contribution in [2.24, 2.45) is 0 Å². The number of carbonyl (C=O) groups excluding carboxylic acids is 2. The molecule has 0 spiro atoms. The monoisotopic (exact) mass is 463 g/mol. The van der Waals surface area contributed by atoms with Gasteiger partial charge in [-0.1, -0.05) is 11.6 Å². The summed E-state index contributed by atoms with van der Waals surface area (Å²) in [7, 11) is 6.11. The Morgan fingerprint density at radius 1 is 1.00 bits per heavy atom. The third-order valence-corrected chi connectivity index (χ3v) is 4.62. The lowest BCUT2D eigenvalue weighted by Gasteiger charge is -2.17. The van der Waals surface area contributed by atoms with Crippen LogP contribution in [-0.4, -0.2) is 64.9 Å². The van der Waals surface area contributed by atoms with Gasteiger partial charge in [-0.05, 0) is 48.0 Å². The molecule has 0 bridgehead atoms. The maximum atomic E-state index is 12.2. The van der Waals surface area contributed by atoms with Crippen LogP contribution in [0.5, 0.6) is 23.0 Å². The van der Waals surface area contributed by atoms with E-state index in [-0.39, 0.29) is 12.5 Å². The van der Waals surface area contributed by atoms with Crippen LogP contribution in [0.1, 0.15) is 5.56 Å². The number of amides is 1. The highest BCUT2D eigenvalue weighted by atomic mass is 35.5. The fourth-order valence-electron chi connectivity index (χ4n) is 2.61. The predicted octanol–water partition coefficient (Wildman–Crippen LogP) is 3.46. The van der Waals surface area contributed by atoms with Crippen molar-refractivity contribution >= 4 is 29.6 Å². The van der Waals surface area contributed by atoms with Crippen molar-refractivity contribution in [2.45, 2.75) is 0 Å². The summed E-state index contributed by atoms with van der Waals surface area (Å²) in [5.74, 6) is 1.01. The van der Waals surface area contributed by atoms with Gasteiger partial charge in [0, 0.05) is 18.1 Å². The molecule has 0 radical (unpaired) electrons. The summed E-state index contributed by atoms with van der Waals surface area (Å²) in [6, 6.07) is 10.3. The molecule has 0 N–H and O–H groups in total. The second-order valence-corrected chi connectivity index (χ2v) is 6.95. The number of hydrogen-bond donors (Lipinski definition) is 0. The lowest BCUT2D eigenvalue weighted by molar-refractivity contribution is -0.147. The molecular weight excluding hydrogens is 438 g/mol. The Balaban J connectivity index is 1.82. The van der Waals surface area contributed by atoms with Crippen LogP contribution in [0.15, 0.2) is 42.5 Å². The zero-order valence-corrected chi connectivity index (χ0v) is 19.2. The summed E-state index contributed by atoms with van der Waals surface area (Å²) >= 11 is 5.82. The number of ether oxygens (including phenoxy) is 5. The highest BCUT2D eigenvalue weighted by Gasteiger charge is 2.13. The van der Waals surface area contributed by atoms with Gasteiger partial charge in [0.15, 0.2) is 18.1 Å². The summed E-state index contributed by atoms with van der Waals surface area (Å²) < 4.78 is 26.4. The van der Waals surface area contributed by atoms with Crippen LogP contribution in [0.3, 0.4) is 0 Å². The number of hydrogen-bond acceptors (Lipinski definition) is 7. The second kappa shape index (κ2) is 12.5. The average Bonchev–Trinajstić information content (AvgIpc) is 2.81. The fourth-order valence-corrected chi connectivity index (χ4v) is 2.73. The Morgan fingerprint density at radius 2 is 1.62 bits per heavy atom. The van der Waals surface area contributed by atoms with Gasteiger partial charge >= 0.3 is 5.97 Å². The van der Waals surface area contributed by atoms with Crippen molar-refractivity contribution < 1.29 is 33.3 Å². The second-order valence-electron chi connectivity index (χ2n) is 6.52. The van der Waals surface area contributed by atoms with Gasteiger partial charge in [-0.3, -0.25) is 4.79 Å². The first-order valence-corrected chi connectivity index (χ1v) is 10.0. The SMILES string of the molecule is COc1cc(/C=C/C(=O)OCC(=O)N(C)CCOc2ccc(Cl)cc2)cc(OC)c1OC. The summed E-state index contributed by atoms with van der Waals surface area (Å²) in [4.78, 5) is 25.6. The fraction of sp³-hybridized carbons (Fsp3) is 0.304. The lowest BCUT2D eigenvalue weighted by atomic mass is 10.1. The van der Waals surface area contributed by atoms with Gasteiger partial charge in [-0.15, -0.1) is 0 Å². The molecule has 32 heavy (non-hydrogen) atoms. The zero-order valence-electron chi connectivity index (χ0n) is 18.4. The summed E-state index contributed by atoms with van der Waals surface area (Å²) in [6.07, 6.45) is 2.75. The van der Waals surface area contributed by atoms with Crippen LogP contribution in [0.4, 0.5) is 0 Å². The van der Waals surface area contributed by atoms with E-state index in [9.17, 15) is 9.59 Å². The molecule has 0 aliphatic carbocycles. The van der Waals surface area contributed by atoms with E-state index in [1.807, 2.05) is 0 Å². The van der Waals surface area contributed by atoms with Crippen molar-refractivity contribution in [3.8, 4) is 23.0 Å². The van der Waals surface area contributed by atoms with Crippen LogP contribution >= 0.6 is 11.6 Å². The van der Waals surface area contributed by atoms with E-state index in [1.165, 1.54) is 38.4 Å². The summed E-state index contributed by atoms with van der Waals surface area (Å²) in [5.41, 5.74) is 0.638. The molecule has 9 heteroatoms. The van der Waals surface area contributed by atoms with Gasteiger partial charge in [-0.2, -0.15) is 0 Å². The van der Waals surface area contributed by atoms with Crippen molar-refractivity contribution in [3.63, 3.8) is 0 Å². The van der Waals surface area contributed by atoms with Crippen LogP contribution in [-0.2, 0) is 14.3 Å². The van der Waals surface area contributed by atoms with Gasteiger partial charge in [0.2, 0.25) is 5.75 Å². The maximum Gasteiger partial charge on any atom is 0.331 e. The molecule has 8 nitrogen and oxygen atoms in total. The van der Waals surface area contributed by atoms with Gasteiger partial charge < -0.3 is 28.6 Å². The molecule has 0 saturated carbocycles. The number of rotatable bonds is 11. The van der Waals surface area contributed by atoms with Gasteiger partial charge in [0.25, 0.3) is 5.91 Å². The van der Waals surface area contributed by atoms with E-state index in [2.05, 4.69) is 0 Å². The van der Waals surface area contributed by atoms with E-state index in [0.29, 0.717) is 46.7 Å². The molecule has 1 amide bonds. The third-order valence-electron chi connectivity index (χ3n) is 4.37. The van der Waals surface area contributed by atoms with Crippen molar-refractivity contribution in [1.82, 2.24) is 4.90 Å². The molecule has 0 atom stereocenters. The van der Waals surface area contributed by atoms with Gasteiger partial charge in [0.05, 0.1) is 27.9 Å². The molecule has 0 aliphatic heterocycles. The standard InChI is InChI=1S/C23H26ClNO7/c1-25(11-12-31-18-8-6-17(24)7-9-18)21(26)15-32-22(27)10-5-16-13-19(28-2)23(30-4)20(14-16)29-3/h5-10,13-14H,11-12,15H2,1-4H3/b10-5+. The van der Waals surface area contributed by atoms with Crippen LogP contribution < -0.4 is 18.9 Å². The smallest absolute Gasteiger partial charge is 0.331 e. The molecule has 2 rings (SSSR count). The highest BCUT2D eigenvalue weighted by Crippen LogP contribution is 2.38. The molecular formula is C23H26ClNO7. The number of benzene rings is 2. The minimum atomic E-state index is -0.655. The van der Waals surface area contributed by atoms with E-state index in [4.69, 9.17) is 35.3 Å². The van der Waals surface area contributed by atoms with E-state index >= 15 is 0 Å². The minimum Gasteiger partial charge on any atom is -0.493 e. The maximum absolute atomic E-state index is 12.2. The largest absolute Gasteiger partial charge is 0.493 e. The number of esters is 1. The number of methoxy groups -OCH3 is 3. The predicted molar refractivity (Wildman–Crippen MR) is 121 cm³/mol. The van der Waals surface area contributed by atoms with Crippen molar-refractivity contribution in [2.75, 3.05) is 48.1 Å². The summed E-state index contributed by atoms with van der Waals surface area (Å²) in [5, 5.41) is 0.616. The quantitative estimate of drug-likeness (QED) is 0.372. The minimum absolute atomic E-state index is 0.291. The van der Waals surface area contributed by atoms with Gasteiger partial charge in [-0.25, -0.2) is 4.79 Å². The zero-order chi connectivity index (χ0) is 23.5. The Bertz CT molecular complexity index is 919. The Kier molecular flexibility index (Phi) is 9.69. The normalized spacial score (nSPS) is 10.5. The van der Waals surface area contributed by atoms with Crippen LogP contribution in [0, 0.1) is 0 Å². The van der Waals surface area contributed by atoms with Crippen LogP contribution in [0.2, 0.25) is 5.02 Å². The molecule has 0 unspecified atom stereocenters. The molecule has 2 aromatic rings. The van der Waals surface area contributed by atoms with Crippen molar-refractivity contribution in [1.29, 1.82) is 0 Å². The number of likely N-dealkylation sites (N-methyl/N-ethyl adjacent to an activating group) is 1. The number of nitrogens with zero attached hydrogens (tertiary/aromatic N) is 1. The van der Waals surface area contributed by atoms with E-state index < -0.39 is 5.97 Å². The molecule has 0 aromatic heterocycles. The Labute approximate surface area is 192 Å². The summed E-state index contributed by atoms with van der Waals surface area (Å²) in [6.45, 7) is 0.245. The molecule has 2 aromatic carbocycles. The molecule has 172 valence electrons. The lowest BCUT2D eigenvalue weighted by Crippen LogP contribution is -2.34. The van der Waals surface area contributed by atoms with Crippen molar-refractivity contribution in [3.05, 3.63) is 53.1 Å². The van der Waals surface area contributed by atoms with Gasteiger partial charge in [0.1, 0.15) is 12.4 Å². The number of halogens is 1. The number of carbonyl (C=O) groups is 2. The van der Waals surface area contributed by atoms with E-state index in [0.717, 1.165) is 0 Å². The first-order chi connectivity index (χ1) is 15.4. The molecule has 0 aliphatic rings. The molecule has 0 saturated heterocycles. The average molecular weight is 464 g/mol. The van der Waals surface area contributed by atoms with E-state index in [1.54, 1.807) is 43.4 Å². The molecule has 0 fully saturated rings. The first kappa shape index (κ1) is 24.9. The third kappa shape index (κ3) is 7.39.